The first-order chi connectivity index (χ1) is 8.06. The van der Waals surface area contributed by atoms with E-state index in [-0.39, 0.29) is 0 Å². The molecule has 0 radical (unpaired) electrons. The quantitative estimate of drug-likeness (QED) is 0.343. The predicted octanol–water partition coefficient (Wildman–Crippen LogP) is -2.29. The van der Waals surface area contributed by atoms with Crippen LogP contribution in [0.25, 0.3) is 0 Å². The molecule has 0 saturated carbocycles. The second kappa shape index (κ2) is 3.53. The molecule has 0 aromatic carbocycles. The largest absolute Gasteiger partial charge is 0.544 e. The van der Waals surface area contributed by atoms with Crippen LogP contribution in [0.3, 0.4) is 0 Å². The van der Waals surface area contributed by atoms with Gasteiger partial charge in [-0.3, -0.25) is 0 Å². The van der Waals surface area contributed by atoms with Crippen LogP contribution in [0.15, 0.2) is 0 Å². The molecule has 0 spiro atoms. The van der Waals surface area contributed by atoms with E-state index in [1.165, 1.54) is 13.8 Å². The Kier molecular flexibility index (Phi) is 2.73. The van der Waals surface area contributed by atoms with E-state index in [2.05, 4.69) is 15.9 Å². The van der Waals surface area contributed by atoms with Gasteiger partial charge in [0.05, 0.1) is 0 Å². The number of aliphatic carboxylic acids is 1. The fourth-order valence-electron chi connectivity index (χ4n) is 3.03. The van der Waals surface area contributed by atoms with Gasteiger partial charge >= 0.3 is 5.91 Å². The van der Waals surface area contributed by atoms with Gasteiger partial charge in [-0.1, -0.05) is 15.9 Å². The van der Waals surface area contributed by atoms with E-state index < -0.39 is 53.9 Å². The zero-order valence-electron chi connectivity index (χ0n) is 9.66. The van der Waals surface area contributed by atoms with E-state index in [0.29, 0.717) is 0 Å². The Bertz CT molecular complexity index is 543. The molecule has 2 saturated heterocycles. The summed E-state index contributed by atoms with van der Waals surface area (Å²) in [5.74, 6) is -2.29. The number of hydrogen-bond donors (Lipinski definition) is 1. The minimum Gasteiger partial charge on any atom is -0.544 e. The second-order valence-electron chi connectivity index (χ2n) is 5.07. The van der Waals surface area contributed by atoms with Crippen molar-refractivity contribution in [2.45, 2.75) is 34.8 Å². The first-order valence-electron chi connectivity index (χ1n) is 5.18. The maximum atomic E-state index is 12.3. The van der Waals surface area contributed by atoms with Crippen molar-refractivity contribution >= 4 is 37.6 Å². The highest BCUT2D eigenvalue weighted by Crippen LogP contribution is 2.53. The molecule has 0 aromatic rings. The lowest BCUT2D eigenvalue weighted by molar-refractivity contribution is -0.919. The minimum absolute atomic E-state index is 0.647. The van der Waals surface area contributed by atoms with Crippen LogP contribution in [0.2, 0.25) is 0 Å². The number of hydrogen-bond acceptors (Lipinski definition) is 6. The van der Waals surface area contributed by atoms with Crippen molar-refractivity contribution in [3.63, 3.8) is 0 Å². The number of rotatable bonds is 2. The summed E-state index contributed by atoms with van der Waals surface area (Å²) < 4.78 is 22.0. The molecule has 2 fully saturated rings. The number of quaternary nitrogens is 1. The maximum absolute atomic E-state index is 12.3. The summed E-state index contributed by atoms with van der Waals surface area (Å²) in [5.41, 5.74) is 0. The van der Waals surface area contributed by atoms with Crippen LogP contribution in [-0.2, 0) is 19.4 Å². The van der Waals surface area contributed by atoms with Crippen LogP contribution < -0.4 is 5.11 Å². The number of carbonyl (C=O) groups is 2. The number of carbonyl (C=O) groups excluding carboxylic acids is 2. The number of halogens is 1. The van der Waals surface area contributed by atoms with Gasteiger partial charge in [-0.15, -0.1) is 0 Å². The van der Waals surface area contributed by atoms with Crippen molar-refractivity contribution in [3.8, 4) is 0 Å². The van der Waals surface area contributed by atoms with Gasteiger partial charge in [0.25, 0.3) is 0 Å². The van der Waals surface area contributed by atoms with Crippen molar-refractivity contribution in [2.75, 3.05) is 6.73 Å². The summed E-state index contributed by atoms with van der Waals surface area (Å²) in [6, 6.07) is -1.60. The molecule has 1 unspecified atom stereocenters. The summed E-state index contributed by atoms with van der Waals surface area (Å²) in [6.45, 7) is 1.61. The number of carboxylic acid groups (broad SMARTS) is 1. The summed E-state index contributed by atoms with van der Waals surface area (Å²) in [5, 5.41) is 19.4. The van der Waals surface area contributed by atoms with Gasteiger partial charge in [-0.05, 0) is 13.8 Å². The van der Waals surface area contributed by atoms with Crippen LogP contribution in [0, 0.1) is 0 Å². The highest BCUT2D eigenvalue weighted by molar-refractivity contribution is 9.10. The van der Waals surface area contributed by atoms with Gasteiger partial charge in [0.1, 0.15) is 10.7 Å². The van der Waals surface area contributed by atoms with Crippen LogP contribution in [0.1, 0.15) is 13.8 Å². The molecule has 2 aliphatic heterocycles. The topological polar surface area (TPSA) is 112 Å². The van der Waals surface area contributed by atoms with E-state index in [1.807, 2.05) is 0 Å². The van der Waals surface area contributed by atoms with Gasteiger partial charge in [0, 0.05) is 0 Å². The molecule has 0 aromatic heterocycles. The Morgan fingerprint density at radius 2 is 2.06 bits per heavy atom. The standard InChI is InChI=1S/C9H12BrNO6S/c1-9(2)5(8(14)15)11(3-12)6(13)4(10)7(11)18(9,16)17/h4-5,7,12H,3H2,1-2H3/t4-,5+,7-,11?/m1/s1. The highest BCUT2D eigenvalue weighted by Gasteiger charge is 2.82. The van der Waals surface area contributed by atoms with Crippen LogP contribution >= 0.6 is 15.9 Å². The minimum atomic E-state index is -3.89. The molecule has 4 atom stereocenters. The number of amides is 1. The maximum Gasteiger partial charge on any atom is 0.338 e. The summed E-state index contributed by atoms with van der Waals surface area (Å²) in [4.78, 5) is 22.1. The van der Waals surface area contributed by atoms with Gasteiger partial charge in [-0.25, -0.2) is 17.7 Å². The second-order valence-corrected chi connectivity index (χ2v) is 8.68. The lowest BCUT2D eigenvalue weighted by atomic mass is 9.94. The van der Waals surface area contributed by atoms with Gasteiger partial charge in [0.2, 0.25) is 15.2 Å². The van der Waals surface area contributed by atoms with Crippen molar-refractivity contribution in [1.29, 1.82) is 0 Å². The van der Waals surface area contributed by atoms with Crippen molar-refractivity contribution in [1.82, 2.24) is 0 Å². The van der Waals surface area contributed by atoms with Gasteiger partial charge in [-0.2, -0.15) is 0 Å². The number of aliphatic hydroxyl groups is 1. The number of nitrogens with zero attached hydrogens (tertiary/aromatic N) is 1. The summed E-state index contributed by atoms with van der Waals surface area (Å²) in [6.07, 6.45) is 0. The molecule has 0 aliphatic carbocycles. The number of carboxylic acids is 1. The zero-order valence-corrected chi connectivity index (χ0v) is 12.1. The molecule has 18 heavy (non-hydrogen) atoms. The normalized spacial score (nSPS) is 44.2. The number of β-lactam (4-membered cyclic amide) rings is 1. The molecule has 2 aliphatic rings. The van der Waals surface area contributed by atoms with E-state index >= 15 is 0 Å². The third kappa shape index (κ3) is 1.14. The average molecular weight is 342 g/mol. The first kappa shape index (κ1) is 13.9. The number of sulfone groups is 1. The Morgan fingerprint density at radius 3 is 2.44 bits per heavy atom. The van der Waals surface area contributed by atoms with Crippen LogP contribution in [0.5, 0.6) is 0 Å². The molecule has 0 bridgehead atoms. The van der Waals surface area contributed by atoms with Crippen LogP contribution in [-0.4, -0.2) is 57.6 Å². The number of aliphatic hydroxyl groups excluding tert-OH is 1. The molecular formula is C9H12BrNO6S. The lowest BCUT2D eigenvalue weighted by Gasteiger charge is -2.48. The van der Waals surface area contributed by atoms with Crippen LogP contribution in [0.4, 0.5) is 0 Å². The summed E-state index contributed by atoms with van der Waals surface area (Å²) >= 11 is 2.94. The highest BCUT2D eigenvalue weighted by atomic mass is 79.9. The number of alkyl halides is 1. The smallest absolute Gasteiger partial charge is 0.338 e. The third-order valence-electron chi connectivity index (χ3n) is 3.98. The Balaban J connectivity index is 2.75. The van der Waals surface area contributed by atoms with E-state index in [4.69, 9.17) is 0 Å². The monoisotopic (exact) mass is 341 g/mol. The van der Waals surface area contributed by atoms with Crippen molar-refractivity contribution in [2.24, 2.45) is 0 Å². The Morgan fingerprint density at radius 1 is 1.56 bits per heavy atom. The Labute approximate surface area is 112 Å². The van der Waals surface area contributed by atoms with Gasteiger partial charge < -0.3 is 15.0 Å². The first-order valence-corrected chi connectivity index (χ1v) is 7.64. The number of fused-ring (bicyclic) bond motifs is 1. The molecule has 2 heterocycles. The molecule has 7 nitrogen and oxygen atoms in total. The zero-order chi connectivity index (χ0) is 14.1. The predicted molar refractivity (Wildman–Crippen MR) is 60.7 cm³/mol. The molecule has 102 valence electrons. The molecule has 1 N–H and O–H groups in total. The van der Waals surface area contributed by atoms with E-state index in [0.717, 1.165) is 0 Å². The van der Waals surface area contributed by atoms with Crippen molar-refractivity contribution < 1.29 is 32.7 Å². The fourth-order valence-corrected chi connectivity index (χ4v) is 7.12. The molecule has 1 amide bonds. The third-order valence-corrected chi connectivity index (χ3v) is 8.19. The average Bonchev–Trinajstić information content (AvgIpc) is 2.37. The fraction of sp³-hybridized carbons (Fsp3) is 0.778. The summed E-state index contributed by atoms with van der Waals surface area (Å²) in [7, 11) is -3.89. The molecule has 9 heteroatoms. The van der Waals surface area contributed by atoms with E-state index in [1.54, 1.807) is 0 Å². The van der Waals surface area contributed by atoms with E-state index in [9.17, 15) is 28.2 Å². The lowest BCUT2D eigenvalue weighted by Crippen LogP contribution is -2.79. The molecule has 2 rings (SSSR count). The molecular weight excluding hydrogens is 330 g/mol. The Hall–Kier alpha value is -0.510. The SMILES string of the molecule is CC1(C)[C@H](C(=O)[O-])[N+]2(CO)C(=O)[C@@H](Br)[C@H]2S1(=O)=O. The van der Waals surface area contributed by atoms with Gasteiger partial charge in [0.15, 0.2) is 17.6 Å². The van der Waals surface area contributed by atoms with Crippen molar-refractivity contribution in [3.05, 3.63) is 0 Å².